The fraction of sp³-hybridized carbons (Fsp3) is 0.417. The first kappa shape index (κ1) is 14.5. The molecule has 0 aliphatic heterocycles. The zero-order chi connectivity index (χ0) is 13.3. The Morgan fingerprint density at radius 3 is 2.00 bits per heavy atom. The van der Waals surface area contributed by atoms with Crippen LogP contribution in [0, 0.1) is 13.5 Å². The molecule has 0 aromatic heterocycles. The van der Waals surface area contributed by atoms with Crippen molar-refractivity contribution in [1.82, 2.24) is 0 Å². The predicted octanol–water partition coefficient (Wildman–Crippen LogP) is 2.89. The number of nitrogens with zero attached hydrogens (tertiary/aromatic N) is 1. The van der Waals surface area contributed by atoms with Gasteiger partial charge in [0.15, 0.2) is 0 Å². The standard InChI is InChI=1S/C9H8NO2S.3CH3.Sn/c1-8-3-5-9(6-4-8)13(11,12)7-10-2;;;;/h3-7H,1H3;3*1H3;. The molecular formula is C12H17NO2SSn. The molecule has 0 aliphatic rings. The molecule has 1 rings (SSSR count). The minimum atomic E-state index is -3.49. The van der Waals surface area contributed by atoms with Gasteiger partial charge < -0.3 is 0 Å². The molecule has 0 bridgehead atoms. The van der Waals surface area contributed by atoms with Crippen molar-refractivity contribution in [2.45, 2.75) is 30.0 Å². The molecule has 1 aromatic carbocycles. The van der Waals surface area contributed by atoms with E-state index in [1.165, 1.54) is 0 Å². The average molecular weight is 358 g/mol. The molecule has 17 heavy (non-hydrogen) atoms. The average Bonchev–Trinajstić information content (AvgIpc) is 2.16. The fourth-order valence-corrected chi connectivity index (χ4v) is 13.7. The molecule has 3 nitrogen and oxygen atoms in total. The Hall–Kier alpha value is -0.541. The van der Waals surface area contributed by atoms with Gasteiger partial charge in [-0.15, -0.1) is 0 Å². The molecule has 1 atom stereocenters. The Morgan fingerprint density at radius 2 is 1.65 bits per heavy atom. The topological polar surface area (TPSA) is 38.5 Å². The zero-order valence-corrected chi connectivity index (χ0v) is 14.2. The summed E-state index contributed by atoms with van der Waals surface area (Å²) < 4.78 is 23.9. The van der Waals surface area contributed by atoms with E-state index in [9.17, 15) is 8.42 Å². The molecule has 0 saturated heterocycles. The predicted molar refractivity (Wildman–Crippen MR) is 72.1 cm³/mol. The SMILES string of the molecule is [C-]#[N+][CH](S(=O)(=O)c1ccc(C)cc1)[Sn]([CH3])([CH3])[CH3]. The second-order valence-electron chi connectivity index (χ2n) is 5.21. The molecule has 0 spiro atoms. The molecule has 1 unspecified atom stereocenters. The van der Waals surface area contributed by atoms with Gasteiger partial charge in [-0.1, -0.05) is 0 Å². The summed E-state index contributed by atoms with van der Waals surface area (Å²) in [7, 11) is -3.49. The minimum absolute atomic E-state index is 0.274. The van der Waals surface area contributed by atoms with Crippen molar-refractivity contribution in [1.29, 1.82) is 0 Å². The van der Waals surface area contributed by atoms with Gasteiger partial charge in [0.1, 0.15) is 0 Å². The molecule has 0 saturated carbocycles. The maximum absolute atomic E-state index is 12.4. The van der Waals surface area contributed by atoms with E-state index in [4.69, 9.17) is 6.57 Å². The van der Waals surface area contributed by atoms with E-state index in [0.29, 0.717) is 0 Å². The van der Waals surface area contributed by atoms with E-state index < -0.39 is 31.6 Å². The number of aryl methyl sites for hydroxylation is 1. The van der Waals surface area contributed by atoms with Gasteiger partial charge in [0, 0.05) is 0 Å². The van der Waals surface area contributed by atoms with Gasteiger partial charge in [0.05, 0.1) is 0 Å². The first-order valence-electron chi connectivity index (χ1n) is 5.37. The molecule has 0 heterocycles. The zero-order valence-electron chi connectivity index (χ0n) is 10.6. The molecule has 0 radical (unpaired) electrons. The van der Waals surface area contributed by atoms with E-state index in [1.807, 2.05) is 21.7 Å². The maximum atomic E-state index is 12.4. The van der Waals surface area contributed by atoms with Crippen molar-refractivity contribution >= 4 is 28.2 Å². The second kappa shape index (κ2) is 4.99. The van der Waals surface area contributed by atoms with E-state index in [2.05, 4.69) is 4.85 Å². The molecule has 0 N–H and O–H groups in total. The van der Waals surface area contributed by atoms with Crippen molar-refractivity contribution < 1.29 is 8.42 Å². The third kappa shape index (κ3) is 3.23. The summed E-state index contributed by atoms with van der Waals surface area (Å²) in [5, 5.41) is 0. The fourth-order valence-electron chi connectivity index (χ4n) is 1.59. The van der Waals surface area contributed by atoms with Crippen LogP contribution in [0.3, 0.4) is 0 Å². The Morgan fingerprint density at radius 1 is 1.18 bits per heavy atom. The van der Waals surface area contributed by atoms with Gasteiger partial charge in [-0.3, -0.25) is 0 Å². The number of hydrogen-bond acceptors (Lipinski definition) is 2. The van der Waals surface area contributed by atoms with Gasteiger partial charge in [-0.2, -0.15) is 0 Å². The third-order valence-electron chi connectivity index (χ3n) is 2.50. The summed E-state index contributed by atoms with van der Waals surface area (Å²) in [5.41, 5.74) is 1.02. The summed E-state index contributed by atoms with van der Waals surface area (Å²) in [6.07, 6.45) is 0. The van der Waals surface area contributed by atoms with Crippen molar-refractivity contribution in [2.75, 3.05) is 0 Å². The van der Waals surface area contributed by atoms with Gasteiger partial charge >= 0.3 is 108 Å². The number of sulfone groups is 1. The molecule has 92 valence electrons. The van der Waals surface area contributed by atoms with E-state index in [1.54, 1.807) is 24.3 Å². The molecule has 0 aliphatic carbocycles. The Labute approximate surface area is 107 Å². The normalized spacial score (nSPS) is 14.1. The number of rotatable bonds is 3. The summed E-state index contributed by atoms with van der Waals surface area (Å²) in [6, 6.07) is 6.74. The number of hydrogen-bond donors (Lipinski definition) is 0. The van der Waals surface area contributed by atoms with E-state index >= 15 is 0 Å². The van der Waals surface area contributed by atoms with E-state index in [0.717, 1.165) is 5.56 Å². The van der Waals surface area contributed by atoms with Crippen molar-refractivity contribution in [2.24, 2.45) is 0 Å². The van der Waals surface area contributed by atoms with Crippen LogP contribution in [-0.4, -0.2) is 30.2 Å². The monoisotopic (exact) mass is 359 g/mol. The van der Waals surface area contributed by atoms with Crippen LogP contribution in [0.1, 0.15) is 5.56 Å². The third-order valence-corrected chi connectivity index (χ3v) is 16.1. The van der Waals surface area contributed by atoms with Crippen molar-refractivity contribution in [3.63, 3.8) is 0 Å². The molecule has 5 heteroatoms. The molecular weight excluding hydrogens is 341 g/mol. The Kier molecular flexibility index (Phi) is 4.26. The quantitative estimate of drug-likeness (QED) is 0.616. The van der Waals surface area contributed by atoms with Crippen LogP contribution < -0.4 is 0 Å². The summed E-state index contributed by atoms with van der Waals surface area (Å²) in [6.45, 7) is 9.07. The van der Waals surface area contributed by atoms with Crippen LogP contribution in [0.4, 0.5) is 0 Å². The Bertz CT molecular complexity index is 535. The summed E-state index contributed by atoms with van der Waals surface area (Å²) in [5.74, 6) is 0. The van der Waals surface area contributed by atoms with Crippen LogP contribution in [0.15, 0.2) is 29.2 Å². The van der Waals surface area contributed by atoms with Gasteiger partial charge in [-0.25, -0.2) is 0 Å². The van der Waals surface area contributed by atoms with Crippen molar-refractivity contribution in [3.8, 4) is 0 Å². The molecule has 0 amide bonds. The van der Waals surface area contributed by atoms with Crippen LogP contribution in [0.25, 0.3) is 4.85 Å². The van der Waals surface area contributed by atoms with Gasteiger partial charge in [0.2, 0.25) is 0 Å². The first-order chi connectivity index (χ1) is 7.69. The van der Waals surface area contributed by atoms with Gasteiger partial charge in [0.25, 0.3) is 0 Å². The van der Waals surface area contributed by atoms with Crippen LogP contribution >= 0.6 is 0 Å². The number of benzene rings is 1. The first-order valence-corrected chi connectivity index (χ1v) is 17.1. The summed E-state index contributed by atoms with van der Waals surface area (Å²) in [4.78, 5) is 9.58. The van der Waals surface area contributed by atoms with Crippen LogP contribution in [0.2, 0.25) is 14.8 Å². The second-order valence-corrected chi connectivity index (χ2v) is 23.5. The van der Waals surface area contributed by atoms with Crippen LogP contribution in [-0.2, 0) is 9.84 Å². The van der Waals surface area contributed by atoms with Crippen molar-refractivity contribution in [3.05, 3.63) is 41.2 Å². The van der Waals surface area contributed by atoms with Crippen LogP contribution in [0.5, 0.6) is 0 Å². The van der Waals surface area contributed by atoms with E-state index in [-0.39, 0.29) is 4.90 Å². The molecule has 0 fully saturated rings. The van der Waals surface area contributed by atoms with Gasteiger partial charge in [-0.05, 0) is 0 Å². The molecule has 1 aromatic rings. The Balaban J connectivity index is 3.29. The summed E-state index contributed by atoms with van der Waals surface area (Å²) >= 11 is -2.81.